The van der Waals surface area contributed by atoms with Gasteiger partial charge in [0, 0.05) is 46.8 Å². The number of fused-ring (bicyclic) bond motifs is 1. The number of nitrogens with one attached hydrogen (secondary N) is 2. The zero-order valence-corrected chi connectivity index (χ0v) is 21.6. The maximum atomic E-state index is 14.0. The predicted octanol–water partition coefficient (Wildman–Crippen LogP) is 3.98. The third-order valence-corrected chi connectivity index (χ3v) is 8.07. The number of anilines is 1. The van der Waals surface area contributed by atoms with Crippen molar-refractivity contribution >= 4 is 46.6 Å². The Hall–Kier alpha value is -2.61. The molecule has 2 aliphatic heterocycles. The number of hydrogen-bond acceptors (Lipinski definition) is 4. The highest BCUT2D eigenvalue weighted by Gasteiger charge is 2.54. The van der Waals surface area contributed by atoms with Crippen molar-refractivity contribution in [3.8, 4) is 0 Å². The number of halogens is 2. The molecule has 7 nitrogen and oxygen atoms in total. The number of carbonyl (C=O) groups excluding carboxylic acids is 3. The Labute approximate surface area is 221 Å². The fourth-order valence-electron chi connectivity index (χ4n) is 5.90. The molecule has 3 aliphatic rings. The summed E-state index contributed by atoms with van der Waals surface area (Å²) in [6.07, 6.45) is 5.40. The van der Waals surface area contributed by atoms with Gasteiger partial charge in [-0.1, -0.05) is 60.7 Å². The maximum Gasteiger partial charge on any atom is 0.249 e. The van der Waals surface area contributed by atoms with Crippen molar-refractivity contribution in [2.45, 2.75) is 50.1 Å². The molecule has 1 saturated carbocycles. The monoisotopic (exact) mass is 528 g/mol. The van der Waals surface area contributed by atoms with E-state index in [0.717, 1.165) is 43.2 Å². The van der Waals surface area contributed by atoms with Crippen LogP contribution in [0.3, 0.4) is 0 Å². The molecule has 1 unspecified atom stereocenters. The number of amides is 3. The quantitative estimate of drug-likeness (QED) is 0.594. The zero-order valence-electron chi connectivity index (χ0n) is 20.1. The number of carbonyl (C=O) groups is 3. The number of nitrogens with zero attached hydrogens (tertiary/aromatic N) is 2. The molecule has 0 spiro atoms. The van der Waals surface area contributed by atoms with Crippen LogP contribution in [-0.4, -0.2) is 59.7 Å². The lowest BCUT2D eigenvalue weighted by molar-refractivity contribution is -0.144. The molecule has 5 rings (SSSR count). The van der Waals surface area contributed by atoms with E-state index in [1.54, 1.807) is 17.0 Å². The predicted molar refractivity (Wildman–Crippen MR) is 140 cm³/mol. The molecular formula is C27H30Cl2N4O3. The molecule has 0 bridgehead atoms. The minimum atomic E-state index is -1.11. The topological polar surface area (TPSA) is 81.8 Å². The Balaban J connectivity index is 1.61. The van der Waals surface area contributed by atoms with E-state index in [4.69, 9.17) is 23.2 Å². The fourth-order valence-corrected chi connectivity index (χ4v) is 6.28. The van der Waals surface area contributed by atoms with Crippen LogP contribution in [0, 0.1) is 0 Å². The summed E-state index contributed by atoms with van der Waals surface area (Å²) in [7, 11) is 0. The van der Waals surface area contributed by atoms with Crippen LogP contribution in [0.5, 0.6) is 0 Å². The lowest BCUT2D eigenvalue weighted by Crippen LogP contribution is -2.61. The summed E-state index contributed by atoms with van der Waals surface area (Å²) in [6, 6.07) is 13.0. The maximum absolute atomic E-state index is 14.0. The van der Waals surface area contributed by atoms with Crippen molar-refractivity contribution in [1.82, 2.24) is 15.1 Å². The highest BCUT2D eigenvalue weighted by molar-refractivity contribution is 6.31. The van der Waals surface area contributed by atoms with Crippen LogP contribution in [0.25, 0.3) is 0 Å². The zero-order chi connectivity index (χ0) is 25.3. The van der Waals surface area contributed by atoms with Gasteiger partial charge in [-0.15, -0.1) is 0 Å². The molecule has 1 atom stereocenters. The van der Waals surface area contributed by atoms with Crippen molar-refractivity contribution in [2.75, 3.05) is 31.5 Å². The average molecular weight is 529 g/mol. The summed E-state index contributed by atoms with van der Waals surface area (Å²) in [6.45, 7) is 0.983. The number of piperazine rings is 1. The smallest absolute Gasteiger partial charge is 0.249 e. The first-order chi connectivity index (χ1) is 17.4. The second-order valence-electron chi connectivity index (χ2n) is 9.90. The summed E-state index contributed by atoms with van der Waals surface area (Å²) in [5.41, 5.74) is 1.28. The average Bonchev–Trinajstić information content (AvgIpc) is 3.13. The normalized spacial score (nSPS) is 22.4. The lowest BCUT2D eigenvalue weighted by Gasteiger charge is -2.46. The van der Waals surface area contributed by atoms with Gasteiger partial charge in [0.15, 0.2) is 0 Å². The van der Waals surface area contributed by atoms with Gasteiger partial charge in [0.2, 0.25) is 17.7 Å². The van der Waals surface area contributed by atoms with E-state index >= 15 is 0 Å². The second-order valence-corrected chi connectivity index (χ2v) is 10.8. The van der Waals surface area contributed by atoms with Crippen LogP contribution in [0.15, 0.2) is 42.5 Å². The first-order valence-corrected chi connectivity index (χ1v) is 13.3. The highest BCUT2D eigenvalue weighted by atomic mass is 35.5. The molecule has 1 aliphatic carbocycles. The van der Waals surface area contributed by atoms with E-state index in [1.807, 2.05) is 30.3 Å². The Morgan fingerprint density at radius 1 is 1.06 bits per heavy atom. The van der Waals surface area contributed by atoms with Gasteiger partial charge >= 0.3 is 0 Å². The molecule has 3 amide bonds. The van der Waals surface area contributed by atoms with Crippen molar-refractivity contribution in [2.24, 2.45) is 0 Å². The first-order valence-electron chi connectivity index (χ1n) is 12.5. The van der Waals surface area contributed by atoms with Crippen molar-refractivity contribution in [1.29, 1.82) is 0 Å². The molecule has 2 N–H and O–H groups in total. The number of benzene rings is 2. The summed E-state index contributed by atoms with van der Waals surface area (Å²) >= 11 is 12.6. The van der Waals surface area contributed by atoms with Crippen molar-refractivity contribution in [3.05, 3.63) is 63.6 Å². The van der Waals surface area contributed by atoms with Gasteiger partial charge in [-0.05, 0) is 42.7 Å². The van der Waals surface area contributed by atoms with Crippen molar-refractivity contribution in [3.63, 3.8) is 0 Å². The second kappa shape index (κ2) is 10.4. The molecule has 190 valence electrons. The molecule has 2 aromatic carbocycles. The summed E-state index contributed by atoms with van der Waals surface area (Å²) in [5.74, 6) is -0.475. The van der Waals surface area contributed by atoms with Gasteiger partial charge in [0.25, 0.3) is 0 Å². The molecule has 0 aromatic heterocycles. The number of hydrogen-bond donors (Lipinski definition) is 2. The summed E-state index contributed by atoms with van der Waals surface area (Å²) in [5, 5.41) is 6.96. The van der Waals surface area contributed by atoms with Crippen LogP contribution in [0.1, 0.15) is 43.2 Å². The molecule has 2 aromatic rings. The first kappa shape index (κ1) is 25.1. The standard InChI is InChI=1S/C27H30Cl2N4O3/c28-19-6-4-5-18(13-19)15-27(22-10-9-20(29)14-23(22)31-26(27)36)33(21-7-2-1-3-8-21)17-25(35)32-12-11-30-24(34)16-32/h4-6,9-10,13-14,21H,1-3,7-8,11-12,15-17H2,(H,30,34)(H,31,36). The van der Waals surface area contributed by atoms with Gasteiger partial charge in [-0.25, -0.2) is 0 Å². The summed E-state index contributed by atoms with van der Waals surface area (Å²) < 4.78 is 0. The van der Waals surface area contributed by atoms with Gasteiger partial charge in [0.05, 0.1) is 13.1 Å². The molecule has 9 heteroatoms. The fraction of sp³-hybridized carbons (Fsp3) is 0.444. The van der Waals surface area contributed by atoms with Gasteiger partial charge in [-0.3, -0.25) is 19.3 Å². The van der Waals surface area contributed by atoms with Crippen LogP contribution < -0.4 is 10.6 Å². The van der Waals surface area contributed by atoms with Crippen molar-refractivity contribution < 1.29 is 14.4 Å². The van der Waals surface area contributed by atoms with Gasteiger partial charge in [-0.2, -0.15) is 0 Å². The van der Waals surface area contributed by atoms with E-state index in [-0.39, 0.29) is 36.9 Å². The van der Waals surface area contributed by atoms with Crippen LogP contribution in [-0.2, 0) is 26.3 Å². The molecule has 1 saturated heterocycles. The highest BCUT2D eigenvalue weighted by Crippen LogP contribution is 2.46. The lowest BCUT2D eigenvalue weighted by atomic mass is 9.80. The largest absolute Gasteiger partial charge is 0.353 e. The van der Waals surface area contributed by atoms with Crippen LogP contribution in [0.4, 0.5) is 5.69 Å². The van der Waals surface area contributed by atoms with E-state index in [2.05, 4.69) is 15.5 Å². The van der Waals surface area contributed by atoms with Gasteiger partial charge < -0.3 is 15.5 Å². The molecule has 2 fully saturated rings. The minimum absolute atomic E-state index is 0.0387. The Kier molecular flexibility index (Phi) is 7.24. The molecule has 2 heterocycles. The van der Waals surface area contributed by atoms with E-state index < -0.39 is 5.54 Å². The molecule has 0 radical (unpaired) electrons. The third-order valence-electron chi connectivity index (χ3n) is 7.60. The number of rotatable bonds is 6. The van der Waals surface area contributed by atoms with Crippen LogP contribution >= 0.6 is 23.2 Å². The SMILES string of the molecule is O=C1CN(C(=O)CN(C2CCCCC2)C2(Cc3cccc(Cl)c3)C(=O)Nc3cc(Cl)ccc32)CCN1. The minimum Gasteiger partial charge on any atom is -0.353 e. The van der Waals surface area contributed by atoms with E-state index in [1.165, 1.54) is 0 Å². The Morgan fingerprint density at radius 2 is 1.83 bits per heavy atom. The van der Waals surface area contributed by atoms with Crippen LogP contribution in [0.2, 0.25) is 10.0 Å². The van der Waals surface area contributed by atoms with E-state index in [9.17, 15) is 14.4 Å². The Morgan fingerprint density at radius 3 is 2.58 bits per heavy atom. The summed E-state index contributed by atoms with van der Waals surface area (Å²) in [4.78, 5) is 43.3. The van der Waals surface area contributed by atoms with E-state index in [0.29, 0.717) is 35.2 Å². The molecular weight excluding hydrogens is 499 g/mol. The Bertz CT molecular complexity index is 1180. The molecule has 36 heavy (non-hydrogen) atoms. The third kappa shape index (κ3) is 4.84. The van der Waals surface area contributed by atoms with Gasteiger partial charge in [0.1, 0.15) is 5.54 Å².